The van der Waals surface area contributed by atoms with Crippen molar-refractivity contribution in [3.63, 3.8) is 0 Å². The lowest BCUT2D eigenvalue weighted by Gasteiger charge is -2.35. The Bertz CT molecular complexity index is 1050. The van der Waals surface area contributed by atoms with E-state index in [2.05, 4.69) is 5.32 Å². The molecule has 160 valence electrons. The predicted molar refractivity (Wildman–Crippen MR) is 93.0 cm³/mol. The molecule has 1 atom stereocenters. The molecule has 0 bridgehead atoms. The molecule has 12 heteroatoms. The van der Waals surface area contributed by atoms with Crippen molar-refractivity contribution >= 4 is 11.8 Å². The first kappa shape index (κ1) is 21.3. The second-order valence-corrected chi connectivity index (χ2v) is 6.56. The van der Waals surface area contributed by atoms with Gasteiger partial charge in [0.05, 0.1) is 6.54 Å². The van der Waals surface area contributed by atoms with Gasteiger partial charge in [0.1, 0.15) is 24.2 Å². The number of carbonyl (C=O) groups excluding carboxylic acids is 2. The Morgan fingerprint density at radius 3 is 2.43 bits per heavy atom. The van der Waals surface area contributed by atoms with Gasteiger partial charge in [-0.1, -0.05) is 12.1 Å². The van der Waals surface area contributed by atoms with E-state index in [4.69, 9.17) is 0 Å². The van der Waals surface area contributed by atoms with Crippen LogP contribution in [0.5, 0.6) is 5.75 Å². The van der Waals surface area contributed by atoms with Crippen LogP contribution in [0.4, 0.5) is 17.6 Å². The van der Waals surface area contributed by atoms with Gasteiger partial charge >= 0.3 is 6.18 Å². The lowest BCUT2D eigenvalue weighted by atomic mass is 10.1. The number of amides is 2. The van der Waals surface area contributed by atoms with Crippen LogP contribution in [0.25, 0.3) is 0 Å². The van der Waals surface area contributed by atoms with Gasteiger partial charge in [0.25, 0.3) is 11.8 Å². The Morgan fingerprint density at radius 2 is 1.83 bits per heavy atom. The molecule has 2 aromatic rings. The first-order chi connectivity index (χ1) is 14.0. The molecule has 0 saturated carbocycles. The van der Waals surface area contributed by atoms with Crippen LogP contribution in [0.2, 0.25) is 0 Å². The third-order valence-electron chi connectivity index (χ3n) is 4.40. The number of halogens is 4. The van der Waals surface area contributed by atoms with Crippen LogP contribution >= 0.6 is 0 Å². The second kappa shape index (κ2) is 7.78. The molecule has 2 amide bonds. The number of nitrogens with one attached hydrogen (secondary N) is 1. The Morgan fingerprint density at radius 1 is 1.20 bits per heavy atom. The number of fused-ring (bicyclic) bond motifs is 1. The van der Waals surface area contributed by atoms with E-state index in [9.17, 15) is 42.2 Å². The Labute approximate surface area is 166 Å². The molecule has 0 spiro atoms. The van der Waals surface area contributed by atoms with Crippen LogP contribution in [-0.4, -0.2) is 50.4 Å². The summed E-state index contributed by atoms with van der Waals surface area (Å²) in [5.74, 6) is -4.02. The molecule has 2 heterocycles. The number of carbonyl (C=O) groups is 2. The molecular formula is C18H15F4N3O5. The average molecular weight is 429 g/mol. The number of hydrogen-bond acceptors (Lipinski definition) is 5. The van der Waals surface area contributed by atoms with Crippen molar-refractivity contribution in [2.45, 2.75) is 25.5 Å². The normalized spacial score (nSPS) is 16.4. The van der Waals surface area contributed by atoms with Gasteiger partial charge in [-0.15, -0.1) is 0 Å². The van der Waals surface area contributed by atoms with E-state index in [1.165, 1.54) is 24.3 Å². The average Bonchev–Trinajstić information content (AvgIpc) is 2.66. The van der Waals surface area contributed by atoms with Crippen LogP contribution in [0.3, 0.4) is 0 Å². The Hall–Kier alpha value is -3.41. The zero-order valence-corrected chi connectivity index (χ0v) is 15.1. The van der Waals surface area contributed by atoms with Crippen molar-refractivity contribution < 1.29 is 37.4 Å². The lowest BCUT2D eigenvalue weighted by Crippen LogP contribution is -2.52. The minimum absolute atomic E-state index is 0.0722. The number of benzene rings is 1. The molecule has 1 unspecified atom stereocenters. The number of aromatic hydroxyl groups is 1. The van der Waals surface area contributed by atoms with Gasteiger partial charge in [0.2, 0.25) is 5.43 Å². The van der Waals surface area contributed by atoms with Gasteiger partial charge in [-0.25, -0.2) is 4.39 Å². The van der Waals surface area contributed by atoms with E-state index in [0.717, 1.165) is 10.8 Å². The van der Waals surface area contributed by atoms with Crippen LogP contribution < -0.4 is 10.7 Å². The maximum atomic E-state index is 12.9. The number of nitrogens with zero attached hydrogens (tertiary/aromatic N) is 2. The lowest BCUT2D eigenvalue weighted by molar-refractivity contribution is -0.160. The highest BCUT2D eigenvalue weighted by Crippen LogP contribution is 2.26. The molecular weight excluding hydrogens is 414 g/mol. The van der Waals surface area contributed by atoms with Crippen molar-refractivity contribution in [1.29, 1.82) is 0 Å². The zero-order chi connectivity index (χ0) is 22.2. The first-order valence-corrected chi connectivity index (χ1v) is 8.53. The van der Waals surface area contributed by atoms with E-state index in [1.54, 1.807) is 0 Å². The molecule has 1 aromatic carbocycles. The predicted octanol–water partition coefficient (Wildman–Crippen LogP) is 0.959. The van der Waals surface area contributed by atoms with E-state index >= 15 is 0 Å². The summed E-state index contributed by atoms with van der Waals surface area (Å²) in [5.41, 5.74) is -2.08. The third-order valence-corrected chi connectivity index (χ3v) is 4.40. The minimum atomic E-state index is -4.81. The molecule has 1 aliphatic rings. The standard InChI is InChI=1S/C18H15F4N3O5/c19-10-3-1-9(2-4-10)5-23-16(29)11-6-24-7-12(26)25(8-18(20,21)22)17(30)13(24)15(28)14(11)27/h1-4,6,12,26,28H,5,7-8H2,(H,23,29). The van der Waals surface area contributed by atoms with Crippen LogP contribution in [-0.2, 0) is 13.1 Å². The number of alkyl halides is 3. The van der Waals surface area contributed by atoms with E-state index in [-0.39, 0.29) is 11.4 Å². The fraction of sp³-hybridized carbons (Fsp3) is 0.278. The Balaban J connectivity index is 1.88. The van der Waals surface area contributed by atoms with Crippen molar-refractivity contribution in [3.8, 4) is 5.75 Å². The molecule has 8 nitrogen and oxygen atoms in total. The molecule has 0 aliphatic carbocycles. The summed E-state index contributed by atoms with van der Waals surface area (Å²) in [7, 11) is 0. The highest BCUT2D eigenvalue weighted by atomic mass is 19.4. The molecule has 1 aliphatic heterocycles. The van der Waals surface area contributed by atoms with Gasteiger partial charge in [-0.3, -0.25) is 14.4 Å². The van der Waals surface area contributed by atoms with Crippen molar-refractivity contribution in [2.24, 2.45) is 0 Å². The summed E-state index contributed by atoms with van der Waals surface area (Å²) in [6.45, 7) is -2.45. The Kier molecular flexibility index (Phi) is 5.53. The quantitative estimate of drug-likeness (QED) is 0.627. The van der Waals surface area contributed by atoms with Crippen LogP contribution in [0.15, 0.2) is 35.3 Å². The number of aromatic nitrogens is 1. The van der Waals surface area contributed by atoms with Crippen LogP contribution in [0, 0.1) is 5.82 Å². The SMILES string of the molecule is O=C(NCc1ccc(F)cc1)c1cn2c(c(O)c1=O)C(=O)N(CC(F)(F)F)C(O)C2. The zero-order valence-electron chi connectivity index (χ0n) is 15.1. The number of pyridine rings is 1. The molecule has 30 heavy (non-hydrogen) atoms. The number of aliphatic hydroxyl groups is 1. The number of rotatable bonds is 4. The fourth-order valence-corrected chi connectivity index (χ4v) is 2.98. The summed E-state index contributed by atoms with van der Waals surface area (Å²) in [5, 5.41) is 22.4. The van der Waals surface area contributed by atoms with Crippen molar-refractivity contribution in [3.05, 3.63) is 63.3 Å². The maximum Gasteiger partial charge on any atom is 0.406 e. The first-order valence-electron chi connectivity index (χ1n) is 8.53. The monoisotopic (exact) mass is 429 g/mol. The molecule has 0 radical (unpaired) electrons. The van der Waals surface area contributed by atoms with Gasteiger partial charge in [0.15, 0.2) is 11.4 Å². The van der Waals surface area contributed by atoms with Crippen LogP contribution in [0.1, 0.15) is 26.4 Å². The molecule has 0 saturated heterocycles. The van der Waals surface area contributed by atoms with E-state index in [0.29, 0.717) is 5.56 Å². The smallest absolute Gasteiger partial charge is 0.406 e. The summed E-state index contributed by atoms with van der Waals surface area (Å²) in [6, 6.07) is 5.13. The summed E-state index contributed by atoms with van der Waals surface area (Å²) in [6.07, 6.45) is -5.82. The highest BCUT2D eigenvalue weighted by molar-refractivity contribution is 5.99. The van der Waals surface area contributed by atoms with Gasteiger partial charge < -0.3 is 25.0 Å². The number of aliphatic hydroxyl groups excluding tert-OH is 1. The third kappa shape index (κ3) is 4.27. The van der Waals surface area contributed by atoms with Crippen molar-refractivity contribution in [1.82, 2.24) is 14.8 Å². The van der Waals surface area contributed by atoms with Crippen molar-refractivity contribution in [2.75, 3.05) is 6.54 Å². The second-order valence-electron chi connectivity index (χ2n) is 6.56. The summed E-state index contributed by atoms with van der Waals surface area (Å²) >= 11 is 0. The van der Waals surface area contributed by atoms with Gasteiger partial charge in [-0.2, -0.15) is 13.2 Å². The molecule has 3 N–H and O–H groups in total. The van der Waals surface area contributed by atoms with E-state index in [1.807, 2.05) is 0 Å². The number of hydrogen-bond donors (Lipinski definition) is 3. The largest absolute Gasteiger partial charge is 0.503 e. The molecule has 1 aromatic heterocycles. The minimum Gasteiger partial charge on any atom is -0.503 e. The highest BCUT2D eigenvalue weighted by Gasteiger charge is 2.41. The summed E-state index contributed by atoms with van der Waals surface area (Å²) in [4.78, 5) is 37.1. The van der Waals surface area contributed by atoms with E-state index < -0.39 is 65.6 Å². The topological polar surface area (TPSA) is 112 Å². The molecule has 3 rings (SSSR count). The summed E-state index contributed by atoms with van der Waals surface area (Å²) < 4.78 is 51.7. The fourth-order valence-electron chi connectivity index (χ4n) is 2.98. The van der Waals surface area contributed by atoms with Gasteiger partial charge in [0, 0.05) is 12.7 Å². The molecule has 0 fully saturated rings. The maximum absolute atomic E-state index is 12.9. The van der Waals surface area contributed by atoms with Gasteiger partial charge in [-0.05, 0) is 17.7 Å².